The highest BCUT2D eigenvalue weighted by atomic mass is 16.5. The van der Waals surface area contributed by atoms with Crippen LogP contribution in [-0.4, -0.2) is 12.1 Å². The first-order valence-corrected chi connectivity index (χ1v) is 9.66. The Balaban J connectivity index is 1.53. The molecule has 0 unspecified atom stereocenters. The zero-order valence-corrected chi connectivity index (χ0v) is 16.7. The number of benzene rings is 2. The zero-order chi connectivity index (χ0) is 20.1. The number of pyridine rings is 1. The molecule has 4 nitrogen and oxygen atoms in total. The summed E-state index contributed by atoms with van der Waals surface area (Å²) in [7, 11) is 1.71. The first kappa shape index (κ1) is 19.0. The fraction of sp³-hybridized carbons (Fsp3) is 0.160. The lowest BCUT2D eigenvalue weighted by molar-refractivity contribution is 0.185. The summed E-state index contributed by atoms with van der Waals surface area (Å²) in [5, 5.41) is 4.45. The van der Waals surface area contributed by atoms with Crippen LogP contribution in [0.1, 0.15) is 28.2 Å². The predicted molar refractivity (Wildman–Crippen MR) is 119 cm³/mol. The normalized spacial score (nSPS) is 11.4. The van der Waals surface area contributed by atoms with E-state index in [-0.39, 0.29) is 0 Å². The van der Waals surface area contributed by atoms with Gasteiger partial charge >= 0.3 is 0 Å². The molecule has 0 spiro atoms. The summed E-state index contributed by atoms with van der Waals surface area (Å²) in [5.41, 5.74) is 4.41. The third-order valence-corrected chi connectivity index (χ3v) is 4.72. The van der Waals surface area contributed by atoms with E-state index >= 15 is 0 Å². The number of nitrogens with one attached hydrogen (secondary N) is 1. The van der Waals surface area contributed by atoms with E-state index in [4.69, 9.17) is 14.1 Å². The zero-order valence-electron chi connectivity index (χ0n) is 16.7. The van der Waals surface area contributed by atoms with Crippen LogP contribution >= 0.6 is 0 Å². The van der Waals surface area contributed by atoms with Crippen molar-refractivity contribution in [3.63, 3.8) is 0 Å². The number of anilines is 1. The van der Waals surface area contributed by atoms with E-state index in [1.165, 1.54) is 0 Å². The number of methoxy groups -OCH3 is 1. The first-order chi connectivity index (χ1) is 14.2. The largest absolute Gasteiger partial charge is 0.465 e. The van der Waals surface area contributed by atoms with Gasteiger partial charge in [-0.2, -0.15) is 0 Å². The van der Waals surface area contributed by atoms with E-state index in [0.29, 0.717) is 13.2 Å². The number of furan rings is 1. The Labute approximate surface area is 170 Å². The van der Waals surface area contributed by atoms with Crippen molar-refractivity contribution >= 4 is 28.9 Å². The van der Waals surface area contributed by atoms with Crippen molar-refractivity contribution in [3.05, 3.63) is 94.9 Å². The Morgan fingerprint density at radius 1 is 1.00 bits per heavy atom. The smallest absolute Gasteiger partial charge is 0.127 e. The molecule has 0 atom stereocenters. The van der Waals surface area contributed by atoms with E-state index in [9.17, 15) is 0 Å². The summed E-state index contributed by atoms with van der Waals surface area (Å²) in [5.74, 6) is 2.65. The SMILES string of the molecule is COCc1cccc(/C=C/c2cccc3nc(NCc4ccc(C)o4)ccc23)c1. The van der Waals surface area contributed by atoms with Gasteiger partial charge in [-0.1, -0.05) is 42.5 Å². The van der Waals surface area contributed by atoms with Crippen molar-refractivity contribution < 1.29 is 9.15 Å². The second kappa shape index (κ2) is 8.76. The van der Waals surface area contributed by atoms with Gasteiger partial charge in [-0.25, -0.2) is 4.98 Å². The van der Waals surface area contributed by atoms with Crippen LogP contribution < -0.4 is 5.32 Å². The molecule has 0 aliphatic rings. The summed E-state index contributed by atoms with van der Waals surface area (Å²) in [6.07, 6.45) is 4.26. The topological polar surface area (TPSA) is 47.3 Å². The van der Waals surface area contributed by atoms with E-state index in [0.717, 1.165) is 44.9 Å². The van der Waals surface area contributed by atoms with Crippen LogP contribution in [-0.2, 0) is 17.9 Å². The highest BCUT2D eigenvalue weighted by molar-refractivity contribution is 5.91. The lowest BCUT2D eigenvalue weighted by atomic mass is 10.1. The van der Waals surface area contributed by atoms with E-state index < -0.39 is 0 Å². The average Bonchev–Trinajstić information content (AvgIpc) is 3.16. The number of aromatic nitrogens is 1. The predicted octanol–water partition coefficient (Wildman–Crippen LogP) is 6.07. The maximum atomic E-state index is 5.60. The minimum Gasteiger partial charge on any atom is -0.465 e. The van der Waals surface area contributed by atoms with Crippen LogP contribution in [0.5, 0.6) is 0 Å². The van der Waals surface area contributed by atoms with E-state index in [1.807, 2.05) is 37.3 Å². The Hall–Kier alpha value is -3.37. The lowest BCUT2D eigenvalue weighted by Crippen LogP contribution is -2.00. The van der Waals surface area contributed by atoms with Gasteiger partial charge in [0.15, 0.2) is 0 Å². The van der Waals surface area contributed by atoms with Crippen molar-refractivity contribution in [2.45, 2.75) is 20.1 Å². The Kier molecular flexibility index (Phi) is 5.73. The molecule has 0 fully saturated rings. The highest BCUT2D eigenvalue weighted by Crippen LogP contribution is 2.22. The van der Waals surface area contributed by atoms with Gasteiger partial charge in [-0.05, 0) is 60.0 Å². The second-order valence-electron chi connectivity index (χ2n) is 6.99. The molecule has 0 aliphatic heterocycles. The third-order valence-electron chi connectivity index (χ3n) is 4.72. The lowest BCUT2D eigenvalue weighted by Gasteiger charge is -2.07. The Morgan fingerprint density at radius 2 is 1.90 bits per heavy atom. The van der Waals surface area contributed by atoms with Gasteiger partial charge in [0.2, 0.25) is 0 Å². The molecule has 0 saturated carbocycles. The number of hydrogen-bond acceptors (Lipinski definition) is 4. The standard InChI is InChI=1S/C25H24N2O2/c1-18-9-12-22(29-18)16-26-25-14-13-23-21(7-4-8-24(23)27-25)11-10-19-5-3-6-20(15-19)17-28-2/h3-15H,16-17H2,1-2H3,(H,26,27)/b11-10+. The minimum atomic E-state index is 0.615. The summed E-state index contributed by atoms with van der Waals surface area (Å²) < 4.78 is 10.8. The summed E-state index contributed by atoms with van der Waals surface area (Å²) in [6.45, 7) is 3.18. The van der Waals surface area contributed by atoms with Crippen molar-refractivity contribution in [1.29, 1.82) is 0 Å². The molecule has 2 aromatic carbocycles. The van der Waals surface area contributed by atoms with Crippen LogP contribution in [0.2, 0.25) is 0 Å². The van der Waals surface area contributed by atoms with Crippen molar-refractivity contribution in [2.75, 3.05) is 12.4 Å². The molecule has 4 heteroatoms. The average molecular weight is 384 g/mol. The molecule has 146 valence electrons. The van der Waals surface area contributed by atoms with Gasteiger partial charge in [0.1, 0.15) is 17.3 Å². The van der Waals surface area contributed by atoms with E-state index in [2.05, 4.69) is 53.9 Å². The minimum absolute atomic E-state index is 0.615. The van der Waals surface area contributed by atoms with Gasteiger partial charge in [-0.3, -0.25) is 0 Å². The van der Waals surface area contributed by atoms with Crippen LogP contribution in [0.25, 0.3) is 23.1 Å². The molecule has 0 bridgehead atoms. The molecule has 1 N–H and O–H groups in total. The molecular weight excluding hydrogens is 360 g/mol. The molecule has 4 rings (SSSR count). The van der Waals surface area contributed by atoms with Crippen molar-refractivity contribution in [3.8, 4) is 0 Å². The van der Waals surface area contributed by atoms with Gasteiger partial charge in [0, 0.05) is 12.5 Å². The number of aryl methyl sites for hydroxylation is 1. The number of fused-ring (bicyclic) bond motifs is 1. The Bertz CT molecular complexity index is 1140. The van der Waals surface area contributed by atoms with Gasteiger partial charge in [-0.15, -0.1) is 0 Å². The number of hydrogen-bond donors (Lipinski definition) is 1. The molecule has 2 aromatic heterocycles. The van der Waals surface area contributed by atoms with Crippen LogP contribution in [0.4, 0.5) is 5.82 Å². The summed E-state index contributed by atoms with van der Waals surface area (Å²) in [4.78, 5) is 4.75. The van der Waals surface area contributed by atoms with Crippen LogP contribution in [0.15, 0.2) is 71.1 Å². The van der Waals surface area contributed by atoms with Gasteiger partial charge in [0.25, 0.3) is 0 Å². The molecule has 0 radical (unpaired) electrons. The molecular formula is C25H24N2O2. The third kappa shape index (κ3) is 4.73. The van der Waals surface area contributed by atoms with Gasteiger partial charge in [0.05, 0.1) is 18.7 Å². The van der Waals surface area contributed by atoms with Crippen molar-refractivity contribution in [1.82, 2.24) is 4.98 Å². The molecule has 2 heterocycles. The van der Waals surface area contributed by atoms with Crippen LogP contribution in [0.3, 0.4) is 0 Å². The summed E-state index contributed by atoms with van der Waals surface area (Å²) in [6, 6.07) is 22.6. The van der Waals surface area contributed by atoms with E-state index in [1.54, 1.807) is 7.11 Å². The molecule has 29 heavy (non-hydrogen) atoms. The van der Waals surface area contributed by atoms with Gasteiger partial charge < -0.3 is 14.5 Å². The fourth-order valence-corrected chi connectivity index (χ4v) is 3.32. The van der Waals surface area contributed by atoms with Crippen LogP contribution in [0, 0.1) is 6.92 Å². The Morgan fingerprint density at radius 3 is 2.72 bits per heavy atom. The number of nitrogens with zero attached hydrogens (tertiary/aromatic N) is 1. The molecule has 0 aliphatic carbocycles. The summed E-state index contributed by atoms with van der Waals surface area (Å²) >= 11 is 0. The highest BCUT2D eigenvalue weighted by Gasteiger charge is 2.03. The molecule has 4 aromatic rings. The number of ether oxygens (including phenoxy) is 1. The maximum absolute atomic E-state index is 5.60. The quantitative estimate of drug-likeness (QED) is 0.393. The monoisotopic (exact) mass is 384 g/mol. The molecule has 0 saturated heterocycles. The number of rotatable bonds is 7. The van der Waals surface area contributed by atoms with Crippen molar-refractivity contribution in [2.24, 2.45) is 0 Å². The fourth-order valence-electron chi connectivity index (χ4n) is 3.32. The maximum Gasteiger partial charge on any atom is 0.127 e. The molecule has 0 amide bonds. The first-order valence-electron chi connectivity index (χ1n) is 9.66. The second-order valence-corrected chi connectivity index (χ2v) is 6.99.